The molecule has 0 aliphatic carbocycles. The lowest BCUT2D eigenvalue weighted by Gasteiger charge is -2.07. The molecule has 0 bridgehead atoms. The van der Waals surface area contributed by atoms with Gasteiger partial charge in [0.05, 0.1) is 24.8 Å². The fraction of sp³-hybridized carbons (Fsp3) is 0.0952. The second-order valence-electron chi connectivity index (χ2n) is 7.67. The van der Waals surface area contributed by atoms with Gasteiger partial charge in [-0.3, -0.25) is 18.7 Å². The van der Waals surface area contributed by atoms with Gasteiger partial charge >= 0.3 is 10.0 Å². The van der Waals surface area contributed by atoms with Crippen LogP contribution in [0.2, 0.25) is 0 Å². The highest BCUT2D eigenvalue weighted by atomic mass is 32.2. The smallest absolute Gasteiger partial charge is 0.301 e. The van der Waals surface area contributed by atoms with Gasteiger partial charge in [-0.25, -0.2) is 4.98 Å². The Morgan fingerprint density at radius 3 is 2.12 bits per heavy atom. The van der Waals surface area contributed by atoms with E-state index < -0.39 is 10.0 Å². The lowest BCUT2D eigenvalue weighted by Crippen LogP contribution is -2.16. The average Bonchev–Trinajstić information content (AvgIpc) is 3.58. The number of pyridine rings is 2. The molecule has 0 unspecified atom stereocenters. The predicted octanol–water partition coefficient (Wildman–Crippen LogP) is 1.29. The summed E-state index contributed by atoms with van der Waals surface area (Å²) in [6.45, 7) is 0. The molecule has 0 atom stereocenters. The van der Waals surface area contributed by atoms with Crippen molar-refractivity contribution in [3.63, 3.8) is 0 Å². The maximum absolute atomic E-state index is 13.7. The van der Waals surface area contributed by atoms with Gasteiger partial charge in [0.25, 0.3) is 0 Å². The fourth-order valence-electron chi connectivity index (χ4n) is 3.78. The summed E-state index contributed by atoms with van der Waals surface area (Å²) in [6, 6.07) is 5.39. The number of aryl methyl sites for hydroxylation is 2. The topological polar surface area (TPSA) is 149 Å². The average molecular weight is 478 g/mol. The van der Waals surface area contributed by atoms with Gasteiger partial charge in [0.1, 0.15) is 16.7 Å². The molecule has 0 aliphatic heterocycles. The van der Waals surface area contributed by atoms with E-state index in [-0.39, 0.29) is 10.5 Å². The van der Waals surface area contributed by atoms with Crippen LogP contribution in [-0.2, 0) is 24.1 Å². The number of rotatable bonds is 4. The highest BCUT2D eigenvalue weighted by Gasteiger charge is 2.25. The van der Waals surface area contributed by atoms with Crippen molar-refractivity contribution in [2.45, 2.75) is 5.03 Å². The monoisotopic (exact) mass is 477 g/mol. The first kappa shape index (κ1) is 21.5. The first-order valence-corrected chi connectivity index (χ1v) is 11.4. The molecular formula is C21H19N9O3S. The molecule has 0 saturated carbocycles. The third kappa shape index (κ3) is 3.25. The molecule has 0 fully saturated rings. The van der Waals surface area contributed by atoms with Crippen molar-refractivity contribution in [3.8, 4) is 22.3 Å². The Balaban J connectivity index is 0.00000241. The SMILES string of the molecule is Cn1cc(-c2cnc3cnn(S(=O)(=O)c4cnc5ccc(-c6cnn(C)c6)cn45)c3c2)cn1.O. The summed E-state index contributed by atoms with van der Waals surface area (Å²) in [5, 5.41) is 12.5. The zero-order chi connectivity index (χ0) is 22.7. The van der Waals surface area contributed by atoms with Gasteiger partial charge in [-0.1, -0.05) is 0 Å². The molecule has 0 spiro atoms. The number of hydrogen-bond donors (Lipinski definition) is 0. The third-order valence-corrected chi connectivity index (χ3v) is 7.01. The molecule has 6 heterocycles. The van der Waals surface area contributed by atoms with Gasteiger partial charge in [0.15, 0.2) is 5.03 Å². The van der Waals surface area contributed by atoms with Gasteiger partial charge in [-0.15, -0.1) is 0 Å². The Morgan fingerprint density at radius 1 is 0.735 bits per heavy atom. The van der Waals surface area contributed by atoms with Crippen molar-refractivity contribution in [1.82, 2.24) is 43.1 Å². The van der Waals surface area contributed by atoms with Crippen LogP contribution in [-0.4, -0.2) is 57.0 Å². The minimum Gasteiger partial charge on any atom is -0.412 e. The normalized spacial score (nSPS) is 11.8. The van der Waals surface area contributed by atoms with E-state index in [4.69, 9.17) is 0 Å². The standard InChI is InChI=1S/C21H17N9O2S.H2O/c1-27-11-16(7-24-27)14-3-4-20-23-10-21(29(20)13-14)33(31,32)30-19-5-15(6-22-18(19)9-26-30)17-8-25-28(2)12-17;/h3-13H,1-2H3;1H2. The van der Waals surface area contributed by atoms with Gasteiger partial charge < -0.3 is 5.48 Å². The summed E-state index contributed by atoms with van der Waals surface area (Å²) in [4.78, 5) is 8.66. The Bertz CT molecular complexity index is 1650. The quantitative estimate of drug-likeness (QED) is 0.371. The van der Waals surface area contributed by atoms with Crippen LogP contribution in [0.25, 0.3) is 38.9 Å². The summed E-state index contributed by atoms with van der Waals surface area (Å²) in [6.07, 6.45) is 13.3. The van der Waals surface area contributed by atoms with E-state index in [1.54, 1.807) is 50.7 Å². The number of imidazole rings is 1. The molecule has 0 aromatic carbocycles. The molecule has 6 aromatic rings. The summed E-state index contributed by atoms with van der Waals surface area (Å²) in [5.41, 5.74) is 4.59. The summed E-state index contributed by atoms with van der Waals surface area (Å²) in [7, 11) is -0.429. The predicted molar refractivity (Wildman–Crippen MR) is 123 cm³/mol. The highest BCUT2D eigenvalue weighted by molar-refractivity contribution is 7.90. The van der Waals surface area contributed by atoms with Crippen LogP contribution >= 0.6 is 0 Å². The van der Waals surface area contributed by atoms with E-state index in [1.807, 2.05) is 32.6 Å². The van der Waals surface area contributed by atoms with Crippen molar-refractivity contribution in [2.24, 2.45) is 14.1 Å². The van der Waals surface area contributed by atoms with Crippen LogP contribution in [0.4, 0.5) is 0 Å². The molecule has 12 nitrogen and oxygen atoms in total. The molecule has 13 heteroatoms. The van der Waals surface area contributed by atoms with Crippen molar-refractivity contribution in [2.75, 3.05) is 0 Å². The maximum atomic E-state index is 13.7. The molecule has 0 radical (unpaired) electrons. The lowest BCUT2D eigenvalue weighted by atomic mass is 10.1. The molecule has 6 rings (SSSR count). The van der Waals surface area contributed by atoms with Gasteiger partial charge in [0, 0.05) is 61.1 Å². The Morgan fingerprint density at radius 2 is 1.44 bits per heavy atom. The van der Waals surface area contributed by atoms with Crippen molar-refractivity contribution in [1.29, 1.82) is 0 Å². The van der Waals surface area contributed by atoms with Crippen LogP contribution in [0.3, 0.4) is 0 Å². The van der Waals surface area contributed by atoms with Crippen LogP contribution in [0.15, 0.2) is 72.8 Å². The zero-order valence-electron chi connectivity index (χ0n) is 18.1. The van der Waals surface area contributed by atoms with Crippen LogP contribution in [0.1, 0.15) is 0 Å². The van der Waals surface area contributed by atoms with E-state index >= 15 is 0 Å². The molecule has 6 aromatic heterocycles. The van der Waals surface area contributed by atoms with Gasteiger partial charge in [-0.2, -0.15) is 27.8 Å². The van der Waals surface area contributed by atoms with E-state index in [0.717, 1.165) is 26.3 Å². The largest absolute Gasteiger partial charge is 0.412 e. The second kappa shape index (κ2) is 7.60. The van der Waals surface area contributed by atoms with Crippen LogP contribution < -0.4 is 0 Å². The number of nitrogens with zero attached hydrogens (tertiary/aromatic N) is 9. The maximum Gasteiger partial charge on any atom is 0.301 e. The van der Waals surface area contributed by atoms with Crippen LogP contribution in [0.5, 0.6) is 0 Å². The molecule has 34 heavy (non-hydrogen) atoms. The van der Waals surface area contributed by atoms with Crippen molar-refractivity contribution >= 4 is 26.7 Å². The number of hydrogen-bond acceptors (Lipinski definition) is 7. The summed E-state index contributed by atoms with van der Waals surface area (Å²) in [5.74, 6) is 0. The molecule has 0 saturated heterocycles. The van der Waals surface area contributed by atoms with Crippen molar-refractivity contribution < 1.29 is 13.9 Å². The van der Waals surface area contributed by atoms with Gasteiger partial charge in [-0.05, 0) is 18.2 Å². The highest BCUT2D eigenvalue weighted by Crippen LogP contribution is 2.26. The summed E-state index contributed by atoms with van der Waals surface area (Å²) >= 11 is 0. The van der Waals surface area contributed by atoms with E-state index in [2.05, 4.69) is 25.3 Å². The minimum atomic E-state index is -4.07. The Kier molecular flexibility index (Phi) is 4.81. The number of fused-ring (bicyclic) bond motifs is 2. The first-order valence-electron chi connectivity index (χ1n) is 9.95. The van der Waals surface area contributed by atoms with E-state index in [0.29, 0.717) is 16.7 Å². The minimum absolute atomic E-state index is 0. The Hall–Kier alpha value is -4.36. The molecule has 0 amide bonds. The zero-order valence-corrected chi connectivity index (χ0v) is 18.9. The van der Waals surface area contributed by atoms with Crippen molar-refractivity contribution in [3.05, 3.63) is 67.8 Å². The first-order chi connectivity index (χ1) is 15.9. The lowest BCUT2D eigenvalue weighted by molar-refractivity contribution is 0.577. The van der Waals surface area contributed by atoms with E-state index in [9.17, 15) is 8.42 Å². The number of aromatic nitrogens is 9. The van der Waals surface area contributed by atoms with E-state index in [1.165, 1.54) is 12.4 Å². The fourth-order valence-corrected chi connectivity index (χ4v) is 5.12. The third-order valence-electron chi connectivity index (χ3n) is 5.43. The summed E-state index contributed by atoms with van der Waals surface area (Å²) < 4.78 is 33.2. The van der Waals surface area contributed by atoms with Crippen LogP contribution in [0, 0.1) is 0 Å². The molecule has 2 N–H and O–H groups in total. The molecule has 172 valence electrons. The Labute approximate surface area is 193 Å². The van der Waals surface area contributed by atoms with Gasteiger partial charge in [0.2, 0.25) is 0 Å². The molecule has 0 aliphatic rings. The molecular weight excluding hydrogens is 458 g/mol. The second-order valence-corrected chi connectivity index (χ2v) is 9.38.